The highest BCUT2D eigenvalue weighted by atomic mass is 19.1. The number of carbonyl (C=O) groups excluding carboxylic acids is 1. The lowest BCUT2D eigenvalue weighted by molar-refractivity contribution is -0.121. The first-order chi connectivity index (χ1) is 18.3. The van der Waals surface area contributed by atoms with Crippen LogP contribution in [0.3, 0.4) is 0 Å². The molecule has 1 amide bonds. The number of aromatic nitrogens is 2. The number of halogens is 2. The van der Waals surface area contributed by atoms with E-state index in [1.807, 2.05) is 43.3 Å². The van der Waals surface area contributed by atoms with Crippen LogP contribution in [0.1, 0.15) is 36.2 Å². The van der Waals surface area contributed by atoms with Crippen LogP contribution in [0, 0.1) is 12.8 Å². The van der Waals surface area contributed by atoms with Gasteiger partial charge in [0, 0.05) is 34.8 Å². The zero-order chi connectivity index (χ0) is 26.8. The van der Waals surface area contributed by atoms with Gasteiger partial charge in [-0.25, -0.2) is 8.78 Å². The highest BCUT2D eigenvalue weighted by Crippen LogP contribution is 2.35. The first-order valence-electron chi connectivity index (χ1n) is 12.6. The monoisotopic (exact) mass is 513 g/mol. The summed E-state index contributed by atoms with van der Waals surface area (Å²) in [5, 5.41) is 13.7. The molecule has 194 valence electrons. The van der Waals surface area contributed by atoms with Crippen LogP contribution in [0.15, 0.2) is 90.5 Å². The highest BCUT2D eigenvalue weighted by Gasteiger charge is 2.27. The SMILES string of the molecule is Cc1ccccc1-c1cccnc1C(CC1=CC(F)C(C)C(F)=C1)NC(=O)Cc1c[nH]c2ccc(O)cc12. The second kappa shape index (κ2) is 10.6. The van der Waals surface area contributed by atoms with Gasteiger partial charge in [0.2, 0.25) is 5.91 Å². The summed E-state index contributed by atoms with van der Waals surface area (Å²) >= 11 is 0. The first kappa shape index (κ1) is 25.4. The molecule has 3 N–H and O–H groups in total. The Bertz CT molecular complexity index is 1560. The molecule has 2 aromatic heterocycles. The number of benzene rings is 2. The van der Waals surface area contributed by atoms with Crippen LogP contribution >= 0.6 is 0 Å². The Balaban J connectivity index is 1.50. The number of pyridine rings is 1. The number of amides is 1. The zero-order valence-corrected chi connectivity index (χ0v) is 21.2. The van der Waals surface area contributed by atoms with Crippen LogP contribution in [0.4, 0.5) is 8.78 Å². The van der Waals surface area contributed by atoms with E-state index in [0.29, 0.717) is 11.3 Å². The number of alkyl halides is 1. The molecule has 0 bridgehead atoms. The van der Waals surface area contributed by atoms with Gasteiger partial charge in [0.15, 0.2) is 0 Å². The molecule has 5 nitrogen and oxygen atoms in total. The molecule has 38 heavy (non-hydrogen) atoms. The molecular weight excluding hydrogens is 484 g/mol. The number of allylic oxidation sites excluding steroid dienone is 3. The summed E-state index contributed by atoms with van der Waals surface area (Å²) in [6.45, 7) is 3.51. The van der Waals surface area contributed by atoms with Crippen LogP contribution in [-0.4, -0.2) is 27.2 Å². The van der Waals surface area contributed by atoms with Gasteiger partial charge in [0.25, 0.3) is 0 Å². The predicted molar refractivity (Wildman–Crippen MR) is 145 cm³/mol. The lowest BCUT2D eigenvalue weighted by Gasteiger charge is -2.25. The van der Waals surface area contributed by atoms with E-state index in [1.165, 1.54) is 19.1 Å². The number of phenolic OH excluding ortho intramolecular Hbond substituents is 1. The fourth-order valence-corrected chi connectivity index (χ4v) is 4.97. The molecule has 4 aromatic rings. The van der Waals surface area contributed by atoms with Gasteiger partial charge in [-0.15, -0.1) is 0 Å². The Kier molecular flexibility index (Phi) is 7.09. The molecule has 0 saturated heterocycles. The maximum atomic E-state index is 14.5. The number of H-pyrrole nitrogens is 1. The van der Waals surface area contributed by atoms with Crippen LogP contribution in [-0.2, 0) is 11.2 Å². The fraction of sp³-hybridized carbons (Fsp3) is 0.226. The van der Waals surface area contributed by atoms with Crippen molar-refractivity contribution in [1.29, 1.82) is 0 Å². The molecule has 1 aliphatic rings. The summed E-state index contributed by atoms with van der Waals surface area (Å²) in [4.78, 5) is 21.1. The molecule has 2 aromatic carbocycles. The van der Waals surface area contributed by atoms with Gasteiger partial charge in [-0.2, -0.15) is 0 Å². The summed E-state index contributed by atoms with van der Waals surface area (Å²) in [7, 11) is 0. The third-order valence-electron chi connectivity index (χ3n) is 7.09. The van der Waals surface area contributed by atoms with E-state index in [2.05, 4.69) is 15.3 Å². The summed E-state index contributed by atoms with van der Waals surface area (Å²) in [5.41, 5.74) is 5.49. The Morgan fingerprint density at radius 1 is 1.16 bits per heavy atom. The van der Waals surface area contributed by atoms with E-state index >= 15 is 0 Å². The molecule has 0 fully saturated rings. The van der Waals surface area contributed by atoms with E-state index in [9.17, 15) is 18.7 Å². The summed E-state index contributed by atoms with van der Waals surface area (Å²) in [6, 6.07) is 16.0. The van der Waals surface area contributed by atoms with Crippen molar-refractivity contribution in [2.75, 3.05) is 0 Å². The largest absolute Gasteiger partial charge is 0.508 e. The molecule has 0 saturated carbocycles. The first-order valence-corrected chi connectivity index (χ1v) is 12.6. The van der Waals surface area contributed by atoms with E-state index in [4.69, 9.17) is 0 Å². The number of phenols is 1. The average Bonchev–Trinajstić information content (AvgIpc) is 3.28. The molecule has 3 atom stereocenters. The van der Waals surface area contributed by atoms with Gasteiger partial charge in [0.05, 0.1) is 18.2 Å². The van der Waals surface area contributed by atoms with Gasteiger partial charge < -0.3 is 15.4 Å². The smallest absolute Gasteiger partial charge is 0.225 e. The summed E-state index contributed by atoms with van der Waals surface area (Å²) < 4.78 is 29.0. The molecular formula is C31H29F2N3O2. The Labute approximate surface area is 219 Å². The quantitative estimate of drug-likeness (QED) is 0.254. The minimum absolute atomic E-state index is 0.0541. The van der Waals surface area contributed by atoms with Crippen molar-refractivity contribution in [1.82, 2.24) is 15.3 Å². The number of fused-ring (bicyclic) bond motifs is 1. The molecule has 3 unspecified atom stereocenters. The van der Waals surface area contributed by atoms with E-state index in [1.54, 1.807) is 30.6 Å². The van der Waals surface area contributed by atoms with Crippen molar-refractivity contribution >= 4 is 16.8 Å². The maximum Gasteiger partial charge on any atom is 0.225 e. The minimum atomic E-state index is -1.44. The van der Waals surface area contributed by atoms with Gasteiger partial charge in [-0.05, 0) is 72.0 Å². The van der Waals surface area contributed by atoms with Crippen LogP contribution in [0.25, 0.3) is 22.0 Å². The Hall–Kier alpha value is -4.26. The van der Waals surface area contributed by atoms with Crippen LogP contribution < -0.4 is 5.32 Å². The molecule has 2 heterocycles. The van der Waals surface area contributed by atoms with E-state index in [-0.39, 0.29) is 24.5 Å². The third-order valence-corrected chi connectivity index (χ3v) is 7.09. The zero-order valence-electron chi connectivity index (χ0n) is 21.2. The summed E-state index contributed by atoms with van der Waals surface area (Å²) in [5.74, 6) is -1.51. The van der Waals surface area contributed by atoms with Crippen molar-refractivity contribution in [2.24, 2.45) is 5.92 Å². The third kappa shape index (κ3) is 5.23. The number of nitrogens with one attached hydrogen (secondary N) is 2. The van der Waals surface area contributed by atoms with E-state index < -0.39 is 24.0 Å². The lowest BCUT2D eigenvalue weighted by Crippen LogP contribution is -2.31. The van der Waals surface area contributed by atoms with Gasteiger partial charge >= 0.3 is 0 Å². The molecule has 1 aliphatic carbocycles. The average molecular weight is 514 g/mol. The Morgan fingerprint density at radius 2 is 1.95 bits per heavy atom. The normalized spacial score (nSPS) is 18.1. The van der Waals surface area contributed by atoms with Gasteiger partial charge in [0.1, 0.15) is 17.7 Å². The predicted octanol–water partition coefficient (Wildman–Crippen LogP) is 6.80. The highest BCUT2D eigenvalue weighted by molar-refractivity contribution is 5.90. The number of carbonyl (C=O) groups is 1. The number of aromatic hydroxyl groups is 1. The number of rotatable bonds is 7. The minimum Gasteiger partial charge on any atom is -0.508 e. The van der Waals surface area contributed by atoms with Crippen LogP contribution in [0.5, 0.6) is 5.75 Å². The number of aromatic amines is 1. The van der Waals surface area contributed by atoms with E-state index in [0.717, 1.165) is 33.2 Å². The van der Waals surface area contributed by atoms with Crippen molar-refractivity contribution in [3.05, 3.63) is 107 Å². The standard InChI is InChI=1S/C31H29F2N3O2/c1-18-6-3-4-7-23(18)24-8-5-11-34-31(24)29(14-20-12-26(32)19(2)27(33)13-20)36-30(38)15-21-17-35-28-10-9-22(37)16-25(21)28/h3-13,16-17,19,26,29,35,37H,14-15H2,1-2H3,(H,36,38). The lowest BCUT2D eigenvalue weighted by atomic mass is 9.89. The number of nitrogens with zero attached hydrogens (tertiary/aromatic N) is 1. The van der Waals surface area contributed by atoms with Crippen molar-refractivity contribution < 1.29 is 18.7 Å². The molecule has 0 aliphatic heterocycles. The van der Waals surface area contributed by atoms with Crippen molar-refractivity contribution in [2.45, 2.75) is 38.9 Å². The van der Waals surface area contributed by atoms with Gasteiger partial charge in [-0.3, -0.25) is 9.78 Å². The fourth-order valence-electron chi connectivity index (χ4n) is 4.97. The number of aryl methyl sites for hydroxylation is 1. The second-order valence-corrected chi connectivity index (χ2v) is 9.80. The second-order valence-electron chi connectivity index (χ2n) is 9.80. The molecule has 0 spiro atoms. The maximum absolute atomic E-state index is 14.5. The van der Waals surface area contributed by atoms with Crippen molar-refractivity contribution in [3.63, 3.8) is 0 Å². The topological polar surface area (TPSA) is 78.0 Å². The van der Waals surface area contributed by atoms with Gasteiger partial charge in [-0.1, -0.05) is 37.3 Å². The number of hydrogen-bond donors (Lipinski definition) is 3. The van der Waals surface area contributed by atoms with Crippen LogP contribution in [0.2, 0.25) is 0 Å². The van der Waals surface area contributed by atoms with Crippen molar-refractivity contribution in [3.8, 4) is 16.9 Å². The number of hydrogen-bond acceptors (Lipinski definition) is 3. The summed E-state index contributed by atoms with van der Waals surface area (Å²) in [6.07, 6.45) is 4.98. The molecule has 0 radical (unpaired) electrons. The Morgan fingerprint density at radius 3 is 2.74 bits per heavy atom. The molecule has 5 rings (SSSR count). The molecule has 7 heteroatoms.